The Labute approximate surface area is 223 Å². The van der Waals surface area contributed by atoms with Gasteiger partial charge in [0.25, 0.3) is 0 Å². The number of phenols is 4. The van der Waals surface area contributed by atoms with Gasteiger partial charge in [-0.05, 0) is 92.7 Å². The molecule has 4 aromatic carbocycles. The number of hydrogen-bond donors (Lipinski definition) is 5. The summed E-state index contributed by atoms with van der Waals surface area (Å²) < 4.78 is 1.25. The summed E-state index contributed by atoms with van der Waals surface area (Å²) in [6, 6.07) is 16.9. The molecule has 1 atom stereocenters. The van der Waals surface area contributed by atoms with Crippen molar-refractivity contribution >= 4 is 61.7 Å². The predicted octanol–water partition coefficient (Wildman–Crippen LogP) is 7.14. The zero-order valence-electron chi connectivity index (χ0n) is 17.7. The summed E-state index contributed by atoms with van der Waals surface area (Å²) in [5.41, 5.74) is 2.11. The lowest BCUT2D eigenvalue weighted by atomic mass is 9.81. The Morgan fingerprint density at radius 3 is 2.09 bits per heavy atom. The van der Waals surface area contributed by atoms with Crippen molar-refractivity contribution in [2.24, 2.45) is 0 Å². The van der Waals surface area contributed by atoms with Gasteiger partial charge in [0.15, 0.2) is 0 Å². The van der Waals surface area contributed by atoms with Gasteiger partial charge in [-0.15, -0.1) is 0 Å². The van der Waals surface area contributed by atoms with E-state index in [0.717, 1.165) is 5.56 Å². The third kappa shape index (κ3) is 4.29. The molecule has 0 saturated heterocycles. The first-order chi connectivity index (χ1) is 16.2. The molecule has 34 heavy (non-hydrogen) atoms. The highest BCUT2D eigenvalue weighted by Crippen LogP contribution is 2.46. The predicted molar refractivity (Wildman–Crippen MR) is 151 cm³/mol. The molecule has 0 fully saturated rings. The second-order valence-electron chi connectivity index (χ2n) is 7.67. The molecule has 0 radical (unpaired) electrons. The summed E-state index contributed by atoms with van der Waals surface area (Å²) in [6.07, 6.45) is 2.82. The summed E-state index contributed by atoms with van der Waals surface area (Å²) in [7, 11) is 0. The summed E-state index contributed by atoms with van der Waals surface area (Å²) in [6.45, 7) is 3.59. The fourth-order valence-electron chi connectivity index (χ4n) is 4.12. The number of hydrogen-bond acceptors (Lipinski definition) is 5. The summed E-state index contributed by atoms with van der Waals surface area (Å²) in [5.74, 6) is -0.698. The van der Waals surface area contributed by atoms with Crippen molar-refractivity contribution in [3.63, 3.8) is 0 Å². The van der Waals surface area contributed by atoms with Crippen LogP contribution in [0.1, 0.15) is 28.2 Å². The lowest BCUT2D eigenvalue weighted by Gasteiger charge is -2.24. The molecule has 172 valence electrons. The highest BCUT2D eigenvalue weighted by Gasteiger charge is 2.27. The van der Waals surface area contributed by atoms with E-state index < -0.39 is 5.92 Å². The van der Waals surface area contributed by atoms with Gasteiger partial charge < -0.3 is 25.5 Å². The van der Waals surface area contributed by atoms with E-state index in [2.05, 4.69) is 6.58 Å². The molecule has 0 aliphatic heterocycles. The molecule has 0 saturated carbocycles. The lowest BCUT2D eigenvalue weighted by molar-refractivity contribution is 0.453. The van der Waals surface area contributed by atoms with Crippen LogP contribution in [0.5, 0.6) is 23.0 Å². The van der Waals surface area contributed by atoms with Crippen LogP contribution in [0.15, 0.2) is 79.4 Å². The van der Waals surface area contributed by atoms with Gasteiger partial charge in [-0.2, -0.15) is 0 Å². The van der Waals surface area contributed by atoms with Crippen LogP contribution in [0.3, 0.4) is 0 Å². The fourth-order valence-corrected chi connectivity index (χ4v) is 5.94. The van der Waals surface area contributed by atoms with E-state index >= 15 is 0 Å². The van der Waals surface area contributed by atoms with Gasteiger partial charge in [-0.3, -0.25) is 0 Å². The van der Waals surface area contributed by atoms with Crippen LogP contribution < -0.4 is 0 Å². The van der Waals surface area contributed by atoms with Crippen LogP contribution in [-0.4, -0.2) is 25.5 Å². The number of aromatic hydroxyl groups is 4. The first kappa shape index (κ1) is 24.2. The Kier molecular flexibility index (Phi) is 6.94. The second kappa shape index (κ2) is 9.75. The number of allylic oxidation sites excluding steroid dienone is 2. The Morgan fingerprint density at radius 2 is 1.41 bits per heavy atom. The molecule has 1 unspecified atom stereocenters. The molecule has 7 heteroatoms. The van der Waals surface area contributed by atoms with E-state index in [1.807, 2.05) is 63.4 Å². The first-order valence-electron chi connectivity index (χ1n) is 10.2. The van der Waals surface area contributed by atoms with Gasteiger partial charge in [0.2, 0.25) is 0 Å². The molecule has 4 aromatic rings. The fraction of sp³-hybridized carbons (Fsp3) is 0.0370. The minimum Gasteiger partial charge on any atom is -0.507 e. The van der Waals surface area contributed by atoms with Crippen molar-refractivity contribution in [3.05, 3.63) is 109 Å². The van der Waals surface area contributed by atoms with Gasteiger partial charge in [0.05, 0.1) is 12.7 Å². The van der Waals surface area contributed by atoms with Gasteiger partial charge in [0, 0.05) is 22.3 Å². The largest absolute Gasteiger partial charge is 0.507 e. The van der Waals surface area contributed by atoms with Crippen molar-refractivity contribution in [2.45, 2.75) is 5.92 Å². The molecule has 0 aliphatic rings. The number of phenolic OH excluding ortho intramolecular Hbond substituents is 4. The van der Waals surface area contributed by atoms with Crippen LogP contribution in [0.4, 0.5) is 0 Å². The Balaban J connectivity index is 2.11. The quantitative estimate of drug-likeness (QED) is 0.0509. The highest BCUT2D eigenvalue weighted by atomic mass is 127. The molecule has 0 heterocycles. The smallest absolute Gasteiger partial charge is 0.142 e. The molecule has 0 spiro atoms. The van der Waals surface area contributed by atoms with Crippen molar-refractivity contribution in [3.8, 4) is 23.0 Å². The van der Waals surface area contributed by atoms with Crippen LogP contribution in [0.25, 0.3) is 16.5 Å². The van der Waals surface area contributed by atoms with Gasteiger partial charge in [-0.1, -0.05) is 43.0 Å². The van der Waals surface area contributed by atoms with Crippen molar-refractivity contribution in [1.82, 2.24) is 0 Å². The molecule has 4 rings (SSSR count). The van der Waals surface area contributed by atoms with Crippen LogP contribution in [-0.2, 0) is 0 Å². The van der Waals surface area contributed by atoms with Crippen LogP contribution in [0, 0.1) is 7.14 Å². The van der Waals surface area contributed by atoms with E-state index in [-0.39, 0.29) is 34.3 Å². The third-order valence-corrected chi connectivity index (χ3v) is 7.29. The summed E-state index contributed by atoms with van der Waals surface area (Å²) in [4.78, 5) is 0. The SMILES string of the molecule is C=C/C=C(/O)c1cccc(C(c2cc(I)c(O)c(I)c2)c2cccc3c(O)ccc(O)c23)c1O. The number of aliphatic hydroxyl groups excluding tert-OH is 1. The van der Waals surface area contributed by atoms with Crippen molar-refractivity contribution in [1.29, 1.82) is 0 Å². The van der Waals surface area contributed by atoms with E-state index in [4.69, 9.17) is 0 Å². The molecule has 5 N–H and O–H groups in total. The monoisotopic (exact) mass is 678 g/mol. The summed E-state index contributed by atoms with van der Waals surface area (Å²) in [5, 5.41) is 54.2. The molecule has 0 aliphatic carbocycles. The third-order valence-electron chi connectivity index (χ3n) is 5.64. The number of fused-ring (bicyclic) bond motifs is 1. The normalized spacial score (nSPS) is 12.6. The number of aliphatic hydroxyl groups is 1. The number of para-hydroxylation sites is 1. The topological polar surface area (TPSA) is 101 Å². The number of halogens is 2. The lowest BCUT2D eigenvalue weighted by Crippen LogP contribution is -2.07. The highest BCUT2D eigenvalue weighted by molar-refractivity contribution is 14.1. The van der Waals surface area contributed by atoms with E-state index in [1.54, 1.807) is 30.3 Å². The maximum Gasteiger partial charge on any atom is 0.142 e. The zero-order valence-corrected chi connectivity index (χ0v) is 22.0. The standard InChI is InChI=1S/C27H20I2O5/c1-2-5-21(30)16-7-4-9-18(26(16)33)24(14-12-19(28)27(34)20(29)13-14)17-8-3-6-15-22(31)10-11-23(32)25(15)17/h2-13,24,30-34H,1H2/b21-5+. The Bertz CT molecular complexity index is 1440. The van der Waals surface area contributed by atoms with Crippen LogP contribution in [0.2, 0.25) is 0 Å². The Morgan fingerprint density at radius 1 is 0.794 bits per heavy atom. The molecule has 0 bridgehead atoms. The average molecular weight is 678 g/mol. The van der Waals surface area contributed by atoms with Gasteiger partial charge >= 0.3 is 0 Å². The van der Waals surface area contributed by atoms with Crippen molar-refractivity contribution in [2.75, 3.05) is 0 Å². The molecule has 5 nitrogen and oxygen atoms in total. The van der Waals surface area contributed by atoms with Crippen molar-refractivity contribution < 1.29 is 25.5 Å². The molecule has 0 aromatic heterocycles. The molecular weight excluding hydrogens is 658 g/mol. The van der Waals surface area contributed by atoms with Gasteiger partial charge in [0.1, 0.15) is 28.8 Å². The molecular formula is C27H20I2O5. The minimum absolute atomic E-state index is 0.0124. The minimum atomic E-state index is -0.601. The maximum atomic E-state index is 11.3. The van der Waals surface area contributed by atoms with Crippen LogP contribution >= 0.6 is 45.2 Å². The van der Waals surface area contributed by atoms with E-state index in [0.29, 0.717) is 29.0 Å². The number of benzene rings is 4. The second-order valence-corrected chi connectivity index (χ2v) is 10.00. The van der Waals surface area contributed by atoms with Gasteiger partial charge in [-0.25, -0.2) is 0 Å². The summed E-state index contributed by atoms with van der Waals surface area (Å²) >= 11 is 4.10. The first-order valence-corrected chi connectivity index (χ1v) is 12.4. The number of rotatable bonds is 5. The Hall–Kier alpha value is -2.92. The van der Waals surface area contributed by atoms with E-state index in [1.165, 1.54) is 24.3 Å². The maximum absolute atomic E-state index is 11.3. The molecule has 0 amide bonds. The average Bonchev–Trinajstić information content (AvgIpc) is 2.81. The zero-order chi connectivity index (χ0) is 24.6. The van der Waals surface area contributed by atoms with E-state index in [9.17, 15) is 25.5 Å².